The van der Waals surface area contributed by atoms with E-state index in [-0.39, 0.29) is 18.0 Å². The predicted octanol–water partition coefficient (Wildman–Crippen LogP) is 2.57. The van der Waals surface area contributed by atoms with Crippen LogP contribution in [0.4, 0.5) is 4.39 Å². The van der Waals surface area contributed by atoms with Crippen LogP contribution in [0.3, 0.4) is 0 Å². The summed E-state index contributed by atoms with van der Waals surface area (Å²) in [5.74, 6) is -0.161. The average molecular weight is 331 g/mol. The van der Waals surface area contributed by atoms with E-state index in [2.05, 4.69) is 21.2 Å². The average Bonchev–Trinajstić information content (AvgIpc) is 2.40. The van der Waals surface area contributed by atoms with Gasteiger partial charge in [0.25, 0.3) is 0 Å². The summed E-state index contributed by atoms with van der Waals surface area (Å²) < 4.78 is 20.7. The lowest BCUT2D eigenvalue weighted by Gasteiger charge is -2.31. The zero-order valence-electron chi connectivity index (χ0n) is 11.3. The molecule has 1 heterocycles. The molecule has 0 radical (unpaired) electrons. The fourth-order valence-electron chi connectivity index (χ4n) is 2.41. The third-order valence-electron chi connectivity index (χ3n) is 3.43. The van der Waals surface area contributed by atoms with Gasteiger partial charge in [-0.05, 0) is 38.7 Å². The first-order valence-corrected chi connectivity index (χ1v) is 7.31. The number of hydrogen-bond acceptors (Lipinski definition) is 3. The molecule has 1 fully saturated rings. The van der Waals surface area contributed by atoms with Crippen LogP contribution in [-0.4, -0.2) is 44.8 Å². The van der Waals surface area contributed by atoms with Gasteiger partial charge in [0.2, 0.25) is 0 Å². The molecular formula is C14H20BrFN2O. The standard InChI is InChI=1S/C14H20BrFN2O/c1-18(2)14(8-11-9-17-5-6-19-11)12-7-10(15)3-4-13(12)16/h3-4,7,11,14,17H,5-6,8-9H2,1-2H3. The molecule has 1 aliphatic rings. The number of rotatable bonds is 4. The third-order valence-corrected chi connectivity index (χ3v) is 3.92. The van der Waals surface area contributed by atoms with E-state index in [9.17, 15) is 4.39 Å². The number of nitrogens with zero attached hydrogens (tertiary/aromatic N) is 1. The van der Waals surface area contributed by atoms with Crippen molar-refractivity contribution in [2.45, 2.75) is 18.6 Å². The molecule has 5 heteroatoms. The minimum absolute atomic E-state index is 0.0161. The number of halogens is 2. The van der Waals surface area contributed by atoms with Gasteiger partial charge in [-0.1, -0.05) is 15.9 Å². The summed E-state index contributed by atoms with van der Waals surface area (Å²) in [5, 5.41) is 3.31. The molecule has 1 aromatic carbocycles. The lowest BCUT2D eigenvalue weighted by molar-refractivity contribution is 0.00858. The molecule has 0 aromatic heterocycles. The Morgan fingerprint density at radius 1 is 1.53 bits per heavy atom. The lowest BCUT2D eigenvalue weighted by Crippen LogP contribution is -2.40. The van der Waals surface area contributed by atoms with E-state index in [0.29, 0.717) is 5.56 Å². The maximum absolute atomic E-state index is 14.0. The topological polar surface area (TPSA) is 24.5 Å². The summed E-state index contributed by atoms with van der Waals surface area (Å²) in [6.07, 6.45) is 0.924. The highest BCUT2D eigenvalue weighted by Crippen LogP contribution is 2.29. The molecule has 3 nitrogen and oxygen atoms in total. The maximum Gasteiger partial charge on any atom is 0.128 e. The van der Waals surface area contributed by atoms with Crippen LogP contribution in [0.2, 0.25) is 0 Å². The highest BCUT2D eigenvalue weighted by molar-refractivity contribution is 9.10. The van der Waals surface area contributed by atoms with Crippen molar-refractivity contribution in [1.82, 2.24) is 10.2 Å². The number of ether oxygens (including phenoxy) is 1. The smallest absolute Gasteiger partial charge is 0.128 e. The Kier molecular flexibility index (Phi) is 5.33. The van der Waals surface area contributed by atoms with Crippen molar-refractivity contribution in [2.24, 2.45) is 0 Å². The molecule has 1 aliphatic heterocycles. The van der Waals surface area contributed by atoms with Crippen LogP contribution in [0.15, 0.2) is 22.7 Å². The summed E-state index contributed by atoms with van der Waals surface area (Å²) >= 11 is 3.41. The van der Waals surface area contributed by atoms with Gasteiger partial charge in [-0.25, -0.2) is 4.39 Å². The maximum atomic E-state index is 14.0. The molecule has 1 saturated heterocycles. The predicted molar refractivity (Wildman–Crippen MR) is 77.8 cm³/mol. The first-order chi connectivity index (χ1) is 9.08. The molecule has 0 aliphatic carbocycles. The van der Waals surface area contributed by atoms with Crippen molar-refractivity contribution in [1.29, 1.82) is 0 Å². The van der Waals surface area contributed by atoms with Gasteiger partial charge in [0, 0.05) is 29.2 Å². The number of benzene rings is 1. The van der Waals surface area contributed by atoms with Crippen LogP contribution in [0.25, 0.3) is 0 Å². The second-order valence-electron chi connectivity index (χ2n) is 5.08. The largest absolute Gasteiger partial charge is 0.376 e. The zero-order valence-corrected chi connectivity index (χ0v) is 12.9. The van der Waals surface area contributed by atoms with Gasteiger partial charge >= 0.3 is 0 Å². The van der Waals surface area contributed by atoms with Gasteiger partial charge in [0.15, 0.2) is 0 Å². The molecule has 1 aromatic rings. The van der Waals surface area contributed by atoms with E-state index in [4.69, 9.17) is 4.74 Å². The van der Waals surface area contributed by atoms with Crippen LogP contribution < -0.4 is 5.32 Å². The van der Waals surface area contributed by atoms with Gasteiger partial charge in [0.1, 0.15) is 5.82 Å². The molecule has 19 heavy (non-hydrogen) atoms. The fourth-order valence-corrected chi connectivity index (χ4v) is 2.78. The second kappa shape index (κ2) is 6.79. The van der Waals surface area contributed by atoms with E-state index in [1.807, 2.05) is 25.1 Å². The summed E-state index contributed by atoms with van der Waals surface area (Å²) in [6.45, 7) is 2.46. The quantitative estimate of drug-likeness (QED) is 0.918. The summed E-state index contributed by atoms with van der Waals surface area (Å²) in [6, 6.07) is 5.11. The van der Waals surface area contributed by atoms with Crippen molar-refractivity contribution in [2.75, 3.05) is 33.8 Å². The van der Waals surface area contributed by atoms with Gasteiger partial charge in [0.05, 0.1) is 12.7 Å². The highest BCUT2D eigenvalue weighted by atomic mass is 79.9. The molecule has 2 atom stereocenters. The van der Waals surface area contributed by atoms with Crippen LogP contribution >= 0.6 is 15.9 Å². The fraction of sp³-hybridized carbons (Fsp3) is 0.571. The number of morpholine rings is 1. The van der Waals surface area contributed by atoms with Gasteiger partial charge in [-0.3, -0.25) is 0 Å². The molecule has 0 saturated carbocycles. The first-order valence-electron chi connectivity index (χ1n) is 6.51. The molecule has 0 amide bonds. The van der Waals surface area contributed by atoms with Crippen LogP contribution in [0.1, 0.15) is 18.0 Å². The zero-order chi connectivity index (χ0) is 13.8. The minimum atomic E-state index is -0.161. The summed E-state index contributed by atoms with van der Waals surface area (Å²) in [7, 11) is 3.95. The minimum Gasteiger partial charge on any atom is -0.376 e. The van der Waals surface area contributed by atoms with Crippen molar-refractivity contribution in [3.05, 3.63) is 34.1 Å². The Bertz CT molecular complexity index is 422. The molecule has 2 unspecified atom stereocenters. The second-order valence-corrected chi connectivity index (χ2v) is 5.99. The van der Waals surface area contributed by atoms with Gasteiger partial charge < -0.3 is 15.0 Å². The molecule has 0 spiro atoms. The normalized spacial score (nSPS) is 21.6. The van der Waals surface area contributed by atoms with Crippen molar-refractivity contribution < 1.29 is 9.13 Å². The van der Waals surface area contributed by atoms with Crippen LogP contribution in [0, 0.1) is 5.82 Å². The Morgan fingerprint density at radius 2 is 2.32 bits per heavy atom. The van der Waals surface area contributed by atoms with E-state index in [1.165, 1.54) is 6.07 Å². The Morgan fingerprint density at radius 3 is 2.95 bits per heavy atom. The van der Waals surface area contributed by atoms with E-state index in [0.717, 1.165) is 30.6 Å². The van der Waals surface area contributed by atoms with Crippen LogP contribution in [-0.2, 0) is 4.74 Å². The third kappa shape index (κ3) is 3.99. The summed E-state index contributed by atoms with van der Waals surface area (Å²) in [5.41, 5.74) is 0.716. The van der Waals surface area contributed by atoms with Crippen molar-refractivity contribution >= 4 is 15.9 Å². The number of hydrogen-bond donors (Lipinski definition) is 1. The molecule has 0 bridgehead atoms. The molecular weight excluding hydrogens is 311 g/mol. The summed E-state index contributed by atoms with van der Waals surface area (Å²) in [4.78, 5) is 2.04. The van der Waals surface area contributed by atoms with E-state index < -0.39 is 0 Å². The number of nitrogens with one attached hydrogen (secondary N) is 1. The van der Waals surface area contributed by atoms with Crippen molar-refractivity contribution in [3.63, 3.8) is 0 Å². The van der Waals surface area contributed by atoms with Gasteiger partial charge in [-0.15, -0.1) is 0 Å². The SMILES string of the molecule is CN(C)C(CC1CNCCO1)c1cc(Br)ccc1F. The Balaban J connectivity index is 2.16. The molecule has 2 rings (SSSR count). The highest BCUT2D eigenvalue weighted by Gasteiger charge is 2.24. The van der Waals surface area contributed by atoms with E-state index >= 15 is 0 Å². The lowest BCUT2D eigenvalue weighted by atomic mass is 9.98. The van der Waals surface area contributed by atoms with Crippen LogP contribution in [0.5, 0.6) is 0 Å². The Hall–Kier alpha value is -0.490. The molecule has 1 N–H and O–H groups in total. The van der Waals surface area contributed by atoms with Gasteiger partial charge in [-0.2, -0.15) is 0 Å². The molecule has 106 valence electrons. The Labute approximate surface area is 122 Å². The van der Waals surface area contributed by atoms with Crippen molar-refractivity contribution in [3.8, 4) is 0 Å². The van der Waals surface area contributed by atoms with E-state index in [1.54, 1.807) is 6.07 Å². The first kappa shape index (κ1) is 14.9. The monoisotopic (exact) mass is 330 g/mol.